The first-order valence-electron chi connectivity index (χ1n) is 40.4. The molecule has 1 atom stereocenters. The van der Waals surface area contributed by atoms with Gasteiger partial charge in [0.25, 0.3) is 0 Å². The zero-order valence-corrected chi connectivity index (χ0v) is 76.1. The largest absolute Gasteiger partial charge is 0.508 e. The Hall–Kier alpha value is -10.8. The number of carboxylic acids is 1. The molecule has 34 heteroatoms. The van der Waals surface area contributed by atoms with Crippen molar-refractivity contribution >= 4 is 82.2 Å². The van der Waals surface area contributed by atoms with E-state index >= 15 is 0 Å². The molecular formula is C93H119BrCl2O30S. The third-order valence-corrected chi connectivity index (χ3v) is 18.2. The van der Waals surface area contributed by atoms with Crippen molar-refractivity contribution in [3.63, 3.8) is 0 Å². The fraction of sp³-hybridized carbons (Fsp3) is 0.398. The molecule has 127 heavy (non-hydrogen) atoms. The molecule has 0 aromatic heterocycles. The standard InChI is InChI=1S/C24H26O6.C13H16O4.C13H18O4.C11H12O4.C9H10O3.C6H12O2.C6H6O2.C5H8O.C3H3ClO.C2H5BrO.CH3ClO2S/c1-3-22(25)29-14-13-28-20-9-5-18(6-10-20)23(26)19-7-11-21(12-8-19)30-17-24(4-2)15-27-16-24;1-2-13(7-16-8-13)9-17-11-5-3-10(4-6-11)12(14)15;14-8-10-15-11-4-6-12(7-5-11)17-13-3-1-2-9-16-13;1-2-11(13)15-8-7-14-10-5-3-9(12)4-6-10;1-2-12-9(11)7-3-5-8(10)6-4-7;1-2-6(3-7)4-8-5-6;7-5-1-2-6(8)4-3-5;1-2-4-6-5-3-1;1-2-3(4)5;3-1-2-4;1-5(2,3)4/h3,5-12H,1,4,13-17H2,2H3;3-6H,2,7-9H2,1H3,(H,14,15);4-7,13-14H,1-3,8-10H2;2-6,12H,1,7-8H2;3-6,10H,2H2,1H3;7H,2-5H2,1H3;1-4,7-8H;2,4H,1,3,5H2;2H,1H2;4H,1-2H2;1H3. The van der Waals surface area contributed by atoms with Gasteiger partial charge in [0, 0.05) is 51.1 Å². The molecule has 0 radical (unpaired) electrons. The lowest BCUT2D eigenvalue weighted by atomic mass is 9.84. The van der Waals surface area contributed by atoms with Crippen LogP contribution in [0.3, 0.4) is 0 Å². The SMILES string of the molecule is C1=COCCC1.C=CC(=O)Cl.C=CC(=O)OCCOc1ccc(C(=O)c2ccc(OCC3(CC)COC3)cc2)cc1.C=CC(=O)OCCOc1ccc(O)cc1.CCC1(CO)COC1.CCC1(COc2ccc(C(=O)O)cc2)COC1.CCOC(=O)c1ccc(O)cc1.CS(=O)(=O)Cl.OCCBr.OCCOc1ccc(OC2CCCCO2)cc1.Oc1ccc(O)cc1. The van der Waals surface area contributed by atoms with Crippen LogP contribution >= 0.6 is 38.2 Å². The highest BCUT2D eigenvalue weighted by molar-refractivity contribution is 9.09. The Labute approximate surface area is 760 Å². The number of rotatable bonds is 32. The van der Waals surface area contributed by atoms with Crippen molar-refractivity contribution in [1.82, 2.24) is 0 Å². The van der Waals surface area contributed by atoms with Gasteiger partial charge in [-0.2, -0.15) is 0 Å². The van der Waals surface area contributed by atoms with E-state index < -0.39 is 32.2 Å². The van der Waals surface area contributed by atoms with Gasteiger partial charge in [-0.05, 0) is 245 Å². The molecule has 5 heterocycles. The number of ketones is 1. The second kappa shape index (κ2) is 65.8. The summed E-state index contributed by atoms with van der Waals surface area (Å²) in [7, 11) is 1.31. The quantitative estimate of drug-likeness (QED) is 0.00284. The lowest BCUT2D eigenvalue weighted by Gasteiger charge is -2.40. The van der Waals surface area contributed by atoms with Crippen molar-refractivity contribution in [2.45, 2.75) is 85.4 Å². The van der Waals surface area contributed by atoms with Crippen LogP contribution in [0.5, 0.6) is 57.5 Å². The highest BCUT2D eigenvalue weighted by Gasteiger charge is 2.39. The third kappa shape index (κ3) is 51.6. The molecule has 698 valence electrons. The van der Waals surface area contributed by atoms with E-state index in [1.165, 1.54) is 73.5 Å². The van der Waals surface area contributed by atoms with Gasteiger partial charge >= 0.3 is 23.9 Å². The Bertz CT molecular complexity index is 4310. The summed E-state index contributed by atoms with van der Waals surface area (Å²) in [6.45, 7) is 27.2. The van der Waals surface area contributed by atoms with Crippen molar-refractivity contribution in [2.24, 2.45) is 16.2 Å². The zero-order chi connectivity index (χ0) is 94.2. The molecule has 4 saturated heterocycles. The number of aromatic hydroxyl groups is 4. The first kappa shape index (κ1) is 112. The van der Waals surface area contributed by atoms with Gasteiger partial charge < -0.3 is 107 Å². The van der Waals surface area contributed by atoms with E-state index in [0.29, 0.717) is 65.7 Å². The molecular weight excluding hydrogens is 1780 g/mol. The highest BCUT2D eigenvalue weighted by atomic mass is 79.9. The predicted molar refractivity (Wildman–Crippen MR) is 484 cm³/mol. The molecule has 0 amide bonds. The fourth-order valence-corrected chi connectivity index (χ4v) is 9.85. The Morgan fingerprint density at radius 1 is 0.480 bits per heavy atom. The van der Waals surface area contributed by atoms with E-state index in [1.54, 1.807) is 86.0 Å². The molecule has 7 aromatic rings. The van der Waals surface area contributed by atoms with Crippen LogP contribution in [-0.2, 0) is 61.3 Å². The lowest BCUT2D eigenvalue weighted by Crippen LogP contribution is -2.46. The number of carboxylic acid groups (broad SMARTS) is 1. The van der Waals surface area contributed by atoms with Gasteiger partial charge in [0.1, 0.15) is 90.5 Å². The van der Waals surface area contributed by atoms with Crippen LogP contribution in [-0.4, -0.2) is 228 Å². The number of aliphatic hydroxyl groups excluding tert-OH is 3. The number of carbonyl (C=O) groups excluding carboxylic acids is 5. The number of allylic oxidation sites excluding steroid dienone is 2. The summed E-state index contributed by atoms with van der Waals surface area (Å²) in [4.78, 5) is 65.5. The molecule has 0 spiro atoms. The molecule has 1 unspecified atom stereocenters. The first-order valence-corrected chi connectivity index (χ1v) is 44.6. The number of esters is 3. The number of hydrogen-bond donors (Lipinski definition) is 8. The monoisotopic (exact) mass is 1900 g/mol. The van der Waals surface area contributed by atoms with Crippen LogP contribution in [0.4, 0.5) is 0 Å². The van der Waals surface area contributed by atoms with Crippen molar-refractivity contribution in [2.75, 3.05) is 137 Å². The van der Waals surface area contributed by atoms with Crippen LogP contribution in [0.2, 0.25) is 0 Å². The Balaban J connectivity index is 0.000000499. The van der Waals surface area contributed by atoms with Gasteiger partial charge in [0.2, 0.25) is 14.3 Å². The van der Waals surface area contributed by atoms with E-state index in [1.807, 2.05) is 42.5 Å². The molecule has 4 fully saturated rings. The summed E-state index contributed by atoms with van der Waals surface area (Å²) >= 11 is 7.70. The number of ether oxygens (including phenoxy) is 14. The van der Waals surface area contributed by atoms with Crippen molar-refractivity contribution in [1.29, 1.82) is 0 Å². The number of carbonyl (C=O) groups is 6. The van der Waals surface area contributed by atoms with Gasteiger partial charge in [-0.15, -0.1) is 0 Å². The lowest BCUT2D eigenvalue weighted by molar-refractivity contribution is -0.139. The van der Waals surface area contributed by atoms with Crippen LogP contribution in [0, 0.1) is 16.2 Å². The van der Waals surface area contributed by atoms with Gasteiger partial charge in [0.15, 0.2) is 12.1 Å². The average molecular weight is 1900 g/mol. The first-order chi connectivity index (χ1) is 60.8. The van der Waals surface area contributed by atoms with E-state index in [9.17, 15) is 37.2 Å². The van der Waals surface area contributed by atoms with E-state index in [2.05, 4.69) is 67.1 Å². The van der Waals surface area contributed by atoms with Crippen LogP contribution in [0.15, 0.2) is 220 Å². The predicted octanol–water partition coefficient (Wildman–Crippen LogP) is 15.4. The van der Waals surface area contributed by atoms with Gasteiger partial charge in [-0.25, -0.2) is 27.6 Å². The zero-order valence-electron chi connectivity index (χ0n) is 72.2. The number of alkyl halides is 1. The molecule has 30 nitrogen and oxygen atoms in total. The fourth-order valence-electron chi connectivity index (χ4n) is 9.85. The maximum Gasteiger partial charge on any atom is 0.338 e. The average Bonchev–Trinajstić information content (AvgIpc) is 0.869. The molecule has 0 bridgehead atoms. The van der Waals surface area contributed by atoms with Gasteiger partial charge in [-0.3, -0.25) is 9.59 Å². The number of halogens is 3. The number of hydrogen-bond acceptors (Lipinski definition) is 29. The molecule has 5 aliphatic rings. The summed E-state index contributed by atoms with van der Waals surface area (Å²) in [6.07, 6.45) is 16.5. The highest BCUT2D eigenvalue weighted by Crippen LogP contribution is 2.34. The summed E-state index contributed by atoms with van der Waals surface area (Å²) in [5, 5.41) is 69.4. The van der Waals surface area contributed by atoms with E-state index in [-0.39, 0.29) is 109 Å². The van der Waals surface area contributed by atoms with E-state index in [4.69, 9.17) is 119 Å². The van der Waals surface area contributed by atoms with Gasteiger partial charge in [0.05, 0.1) is 127 Å². The van der Waals surface area contributed by atoms with Crippen molar-refractivity contribution in [3.8, 4) is 57.5 Å². The Kier molecular flexibility index (Phi) is 58.2. The molecule has 0 aliphatic carbocycles. The minimum Gasteiger partial charge on any atom is -0.508 e. The number of aliphatic hydroxyl groups is 3. The summed E-state index contributed by atoms with van der Waals surface area (Å²) in [5.41, 5.74) is 2.27. The summed E-state index contributed by atoms with van der Waals surface area (Å²) in [5.74, 6) is 2.51. The van der Waals surface area contributed by atoms with Crippen molar-refractivity contribution < 1.29 is 144 Å². The van der Waals surface area contributed by atoms with Crippen LogP contribution in [0.25, 0.3) is 0 Å². The minimum absolute atomic E-state index is 0.0220. The molecule has 12 rings (SSSR count). The van der Waals surface area contributed by atoms with Crippen LogP contribution < -0.4 is 28.4 Å². The number of phenols is 4. The Morgan fingerprint density at radius 3 is 1.12 bits per heavy atom. The second-order valence-corrected chi connectivity index (χ2v) is 31.9. The van der Waals surface area contributed by atoms with E-state index in [0.717, 1.165) is 133 Å². The molecule has 7 aromatic carbocycles. The van der Waals surface area contributed by atoms with Crippen LogP contribution in [0.1, 0.15) is 116 Å². The number of phenolic OH excluding ortho intramolecular Hbond substituents is 4. The summed E-state index contributed by atoms with van der Waals surface area (Å²) < 4.78 is 92.2. The summed E-state index contributed by atoms with van der Waals surface area (Å²) in [6, 6.07) is 45.8. The molecule has 5 aliphatic heterocycles. The van der Waals surface area contributed by atoms with Gasteiger partial charge in [-0.1, -0.05) is 56.4 Å². The smallest absolute Gasteiger partial charge is 0.338 e. The van der Waals surface area contributed by atoms with Crippen molar-refractivity contribution in [3.05, 3.63) is 242 Å². The minimum atomic E-state index is -3.19. The molecule has 8 N–H and O–H groups in total. The number of benzene rings is 7. The normalized spacial score (nSPS) is 14.4. The topological polar surface area (TPSA) is 428 Å². The maximum atomic E-state index is 12.7. The number of aromatic carboxylic acids is 1. The molecule has 0 saturated carbocycles. The Morgan fingerprint density at radius 2 is 0.835 bits per heavy atom. The third-order valence-electron chi connectivity index (χ3n) is 17.7. The maximum absolute atomic E-state index is 12.7. The second-order valence-electron chi connectivity index (χ2n) is 27.6.